The van der Waals surface area contributed by atoms with E-state index in [-0.39, 0.29) is 0 Å². The van der Waals surface area contributed by atoms with Crippen molar-refractivity contribution in [1.82, 2.24) is 0 Å². The van der Waals surface area contributed by atoms with E-state index >= 15 is 0 Å². The molecule has 29 heavy (non-hydrogen) atoms. The Kier molecular flexibility index (Phi) is 4.84. The molecule has 3 heteroatoms. The second-order valence-electron chi connectivity index (χ2n) is 7.97. The first-order chi connectivity index (χ1) is 14.2. The zero-order valence-corrected chi connectivity index (χ0v) is 17.9. The van der Waals surface area contributed by atoms with E-state index in [1.165, 1.54) is 22.4 Å². The maximum atomic E-state index is 4.63. The molecule has 0 fully saturated rings. The molecule has 144 valence electrons. The molecule has 0 saturated heterocycles. The van der Waals surface area contributed by atoms with E-state index in [4.69, 9.17) is 0 Å². The minimum absolute atomic E-state index is 0.328. The van der Waals surface area contributed by atoms with Crippen LogP contribution >= 0.6 is 15.9 Å². The molecule has 0 saturated carbocycles. The number of hydrogen-bond acceptors (Lipinski definition) is 2. The molecule has 5 rings (SSSR count). The Morgan fingerprint density at radius 2 is 1.79 bits per heavy atom. The number of nitrogens with one attached hydrogen (secondary N) is 1. The Hall–Kier alpha value is -2.65. The highest BCUT2D eigenvalue weighted by atomic mass is 79.9. The van der Waals surface area contributed by atoms with Gasteiger partial charge in [0.1, 0.15) is 0 Å². The molecule has 0 unspecified atom stereocenters. The van der Waals surface area contributed by atoms with Crippen molar-refractivity contribution in [3.8, 4) is 0 Å². The summed E-state index contributed by atoms with van der Waals surface area (Å²) in [7, 11) is 0. The van der Waals surface area contributed by atoms with Crippen LogP contribution in [0.1, 0.15) is 40.6 Å². The number of nitrogens with zero attached hydrogens (tertiary/aromatic N) is 1. The molecular formula is C26H23BrN2. The summed E-state index contributed by atoms with van der Waals surface area (Å²) in [6, 6.07) is 24.0. The van der Waals surface area contributed by atoms with E-state index in [1.54, 1.807) is 0 Å². The summed E-state index contributed by atoms with van der Waals surface area (Å²) in [5, 5.41) is 3.81. The second kappa shape index (κ2) is 7.64. The molecule has 2 nitrogen and oxygen atoms in total. The highest BCUT2D eigenvalue weighted by Crippen LogP contribution is 2.49. The molecule has 0 radical (unpaired) electrons. The summed E-state index contributed by atoms with van der Waals surface area (Å²) >= 11 is 3.47. The number of anilines is 1. The summed E-state index contributed by atoms with van der Waals surface area (Å²) in [6.07, 6.45) is 7.78. The number of benzene rings is 3. The fourth-order valence-electron chi connectivity index (χ4n) is 4.51. The molecule has 1 aliphatic heterocycles. The van der Waals surface area contributed by atoms with E-state index in [9.17, 15) is 0 Å². The molecule has 0 aromatic heterocycles. The van der Waals surface area contributed by atoms with Gasteiger partial charge in [0.05, 0.1) is 11.7 Å². The molecular weight excluding hydrogens is 420 g/mol. The van der Waals surface area contributed by atoms with Crippen LogP contribution in [0, 0.1) is 12.8 Å². The Balaban J connectivity index is 1.38. The van der Waals surface area contributed by atoms with Crippen LogP contribution in [-0.2, 0) is 0 Å². The van der Waals surface area contributed by atoms with E-state index < -0.39 is 0 Å². The number of hydrogen-bond donors (Lipinski definition) is 1. The van der Waals surface area contributed by atoms with Crippen LogP contribution in [0.3, 0.4) is 0 Å². The van der Waals surface area contributed by atoms with Crippen molar-refractivity contribution < 1.29 is 0 Å². The van der Waals surface area contributed by atoms with Gasteiger partial charge in [0.25, 0.3) is 0 Å². The first-order valence-electron chi connectivity index (χ1n) is 10.1. The third-order valence-electron chi connectivity index (χ3n) is 6.00. The van der Waals surface area contributed by atoms with E-state index in [0.717, 1.165) is 22.1 Å². The summed E-state index contributed by atoms with van der Waals surface area (Å²) in [4.78, 5) is 4.63. The van der Waals surface area contributed by atoms with Gasteiger partial charge in [-0.05, 0) is 66.3 Å². The minimum Gasteiger partial charge on any atom is -0.378 e. The number of fused-ring (bicyclic) bond motifs is 3. The molecule has 3 aromatic carbocycles. The lowest BCUT2D eigenvalue weighted by atomic mass is 9.76. The van der Waals surface area contributed by atoms with Gasteiger partial charge in [-0.15, -0.1) is 0 Å². The van der Waals surface area contributed by atoms with Gasteiger partial charge in [0.15, 0.2) is 0 Å². The van der Waals surface area contributed by atoms with Crippen LogP contribution in [0.4, 0.5) is 11.4 Å². The summed E-state index contributed by atoms with van der Waals surface area (Å²) in [5.74, 6) is 1.08. The predicted octanol–water partition coefficient (Wildman–Crippen LogP) is 7.33. The van der Waals surface area contributed by atoms with Gasteiger partial charge in [0, 0.05) is 22.3 Å². The van der Waals surface area contributed by atoms with Gasteiger partial charge in [-0.1, -0.05) is 70.0 Å². The Bertz CT molecular complexity index is 1080. The summed E-state index contributed by atoms with van der Waals surface area (Å²) in [5.41, 5.74) is 7.44. The number of halogens is 1. The Morgan fingerprint density at radius 1 is 1.00 bits per heavy atom. The second-order valence-corrected chi connectivity index (χ2v) is 8.88. The smallest absolute Gasteiger partial charge is 0.0630 e. The molecule has 1 aliphatic carbocycles. The maximum absolute atomic E-state index is 4.63. The van der Waals surface area contributed by atoms with Crippen molar-refractivity contribution in [3.63, 3.8) is 0 Å². The normalized spacial score (nSPS) is 22.3. The SMILES string of the molecule is Cc1ccc2c(c1)[C@@H]1C=CC[C@H]1[C@H](c1ccc(N=Cc3ccc(Br)cc3)cc1)N2. The largest absolute Gasteiger partial charge is 0.378 e. The van der Waals surface area contributed by atoms with Crippen molar-refractivity contribution in [3.05, 3.63) is 106 Å². The molecule has 3 aromatic rings. The molecule has 1 N–H and O–H groups in total. The van der Waals surface area contributed by atoms with Crippen molar-refractivity contribution in [2.75, 3.05) is 5.32 Å². The first-order valence-corrected chi connectivity index (χ1v) is 10.9. The van der Waals surface area contributed by atoms with Gasteiger partial charge in [-0.25, -0.2) is 0 Å². The zero-order chi connectivity index (χ0) is 19.8. The summed E-state index contributed by atoms with van der Waals surface area (Å²) in [6.45, 7) is 2.17. The van der Waals surface area contributed by atoms with Gasteiger partial charge in [0.2, 0.25) is 0 Å². The lowest BCUT2D eigenvalue weighted by molar-refractivity contribution is 0.425. The van der Waals surface area contributed by atoms with E-state index in [1.807, 2.05) is 18.3 Å². The van der Waals surface area contributed by atoms with Gasteiger partial charge >= 0.3 is 0 Å². The lowest BCUT2D eigenvalue weighted by Gasteiger charge is -2.37. The van der Waals surface area contributed by atoms with Crippen molar-refractivity contribution in [2.45, 2.75) is 25.3 Å². The average Bonchev–Trinajstić information content (AvgIpc) is 3.24. The quantitative estimate of drug-likeness (QED) is 0.333. The summed E-state index contributed by atoms with van der Waals surface area (Å²) < 4.78 is 1.08. The van der Waals surface area contributed by atoms with Crippen molar-refractivity contribution >= 4 is 33.5 Å². The van der Waals surface area contributed by atoms with E-state index in [0.29, 0.717) is 17.9 Å². The number of aliphatic imine (C=N–C) groups is 1. The minimum atomic E-state index is 0.328. The van der Waals surface area contributed by atoms with Crippen LogP contribution in [0.5, 0.6) is 0 Å². The number of aryl methyl sites for hydroxylation is 1. The van der Waals surface area contributed by atoms with E-state index in [2.05, 4.69) is 99.9 Å². The standard InChI is InChI=1S/C26H23BrN2/c1-17-5-14-25-24(15-17)22-3-2-4-23(22)26(29-25)19-8-12-21(13-9-19)28-16-18-6-10-20(27)11-7-18/h2-3,5-16,22-23,26,29H,4H2,1H3/t22-,23-,26+/m1/s1. The Labute approximate surface area is 180 Å². The van der Waals surface area contributed by atoms with Crippen LogP contribution in [-0.4, -0.2) is 6.21 Å². The van der Waals surface area contributed by atoms with Gasteiger partial charge < -0.3 is 5.32 Å². The molecule has 2 aliphatic rings. The molecule has 0 amide bonds. The molecule has 3 atom stereocenters. The highest BCUT2D eigenvalue weighted by Gasteiger charge is 2.37. The van der Waals surface area contributed by atoms with Crippen LogP contribution < -0.4 is 5.32 Å². The van der Waals surface area contributed by atoms with Crippen molar-refractivity contribution in [1.29, 1.82) is 0 Å². The molecule has 1 heterocycles. The fraction of sp³-hybridized carbons (Fsp3) is 0.192. The third kappa shape index (κ3) is 3.67. The predicted molar refractivity (Wildman–Crippen MR) is 125 cm³/mol. The molecule has 0 spiro atoms. The number of allylic oxidation sites excluding steroid dienone is 2. The van der Waals surface area contributed by atoms with Gasteiger partial charge in [-0.3, -0.25) is 4.99 Å². The topological polar surface area (TPSA) is 24.4 Å². The lowest BCUT2D eigenvalue weighted by Crippen LogP contribution is -2.29. The average molecular weight is 443 g/mol. The van der Waals surface area contributed by atoms with Crippen LogP contribution in [0.25, 0.3) is 0 Å². The fourth-order valence-corrected chi connectivity index (χ4v) is 4.77. The van der Waals surface area contributed by atoms with Crippen LogP contribution in [0.2, 0.25) is 0 Å². The van der Waals surface area contributed by atoms with Gasteiger partial charge in [-0.2, -0.15) is 0 Å². The highest BCUT2D eigenvalue weighted by molar-refractivity contribution is 9.10. The maximum Gasteiger partial charge on any atom is 0.0630 e. The Morgan fingerprint density at radius 3 is 2.59 bits per heavy atom. The zero-order valence-electron chi connectivity index (χ0n) is 16.3. The molecule has 0 bridgehead atoms. The first kappa shape index (κ1) is 18.4. The van der Waals surface area contributed by atoms with Crippen LogP contribution in [0.15, 0.2) is 88.3 Å². The monoisotopic (exact) mass is 442 g/mol. The number of rotatable bonds is 3. The third-order valence-corrected chi connectivity index (χ3v) is 6.53. The van der Waals surface area contributed by atoms with Crippen molar-refractivity contribution in [2.24, 2.45) is 10.9 Å².